The van der Waals surface area contributed by atoms with Crippen LogP contribution < -0.4 is 5.32 Å². The normalized spacial score (nSPS) is 13.4. The minimum absolute atomic E-state index is 0.0000880. The molecule has 2 N–H and O–H groups in total. The number of alkyl carbamates (subject to hydrolysis) is 1. The van der Waals surface area contributed by atoms with E-state index in [0.29, 0.717) is 10.8 Å². The van der Waals surface area contributed by atoms with Gasteiger partial charge in [-0.25, -0.2) is 9.59 Å². The summed E-state index contributed by atoms with van der Waals surface area (Å²) in [7, 11) is 1.65. The third-order valence-corrected chi connectivity index (χ3v) is 5.57. The van der Waals surface area contributed by atoms with Gasteiger partial charge < -0.3 is 15.2 Å². The predicted molar refractivity (Wildman–Crippen MR) is 112 cm³/mol. The summed E-state index contributed by atoms with van der Waals surface area (Å²) in [6.07, 6.45) is -0.786. The number of carboxylic acid groups (broad SMARTS) is 1. The molecule has 0 bridgehead atoms. The van der Waals surface area contributed by atoms with E-state index >= 15 is 0 Å². The zero-order chi connectivity index (χ0) is 21.3. The molecule has 0 aliphatic heterocycles. The van der Waals surface area contributed by atoms with E-state index in [1.54, 1.807) is 13.1 Å². The van der Waals surface area contributed by atoms with Crippen LogP contribution in [0.4, 0.5) is 4.79 Å². The fourth-order valence-corrected chi connectivity index (χ4v) is 3.96. The van der Waals surface area contributed by atoms with Crippen molar-refractivity contribution in [1.29, 1.82) is 0 Å². The van der Waals surface area contributed by atoms with Gasteiger partial charge in [-0.2, -0.15) is 5.10 Å². The highest BCUT2D eigenvalue weighted by atomic mass is 35.5. The van der Waals surface area contributed by atoms with E-state index in [2.05, 4.69) is 10.4 Å². The van der Waals surface area contributed by atoms with Crippen LogP contribution in [0.25, 0.3) is 11.1 Å². The number of amides is 1. The van der Waals surface area contributed by atoms with Crippen molar-refractivity contribution in [2.45, 2.75) is 18.4 Å². The van der Waals surface area contributed by atoms with Gasteiger partial charge in [0.05, 0.1) is 5.69 Å². The first-order chi connectivity index (χ1) is 14.4. The number of carbonyl (C=O) groups is 2. The molecular weight excluding hydrogens is 406 g/mol. The number of aliphatic carboxylic acids is 1. The van der Waals surface area contributed by atoms with E-state index in [1.807, 2.05) is 48.5 Å². The van der Waals surface area contributed by atoms with Gasteiger partial charge in [-0.05, 0) is 28.3 Å². The number of ether oxygens (including phenoxy) is 1. The standard InChI is InChI=1S/C22H20ClN3O4/c1-26-20(23)11-13(25-26)10-19(21(27)28)24-22(29)30-12-18-16-8-4-2-6-14(16)15-7-3-5-9-17(15)18/h2-9,11,18-19H,10,12H2,1H3,(H,24,29)(H,27,28). The van der Waals surface area contributed by atoms with Crippen molar-refractivity contribution in [3.8, 4) is 11.1 Å². The highest BCUT2D eigenvalue weighted by Crippen LogP contribution is 2.44. The van der Waals surface area contributed by atoms with Crippen molar-refractivity contribution in [2.24, 2.45) is 7.05 Å². The van der Waals surface area contributed by atoms with Crippen molar-refractivity contribution >= 4 is 23.7 Å². The Kier molecular flexibility index (Phi) is 5.46. The summed E-state index contributed by atoms with van der Waals surface area (Å²) in [5.74, 6) is -1.27. The second kappa shape index (κ2) is 8.20. The summed E-state index contributed by atoms with van der Waals surface area (Å²) in [6.45, 7) is 0.113. The van der Waals surface area contributed by atoms with E-state index in [1.165, 1.54) is 4.68 Å². The zero-order valence-corrected chi connectivity index (χ0v) is 17.0. The maximum atomic E-state index is 12.4. The Bertz CT molecular complexity index is 1050. The van der Waals surface area contributed by atoms with Gasteiger partial charge in [0.15, 0.2) is 0 Å². The maximum absolute atomic E-state index is 12.4. The smallest absolute Gasteiger partial charge is 0.407 e. The molecule has 7 nitrogen and oxygen atoms in total. The van der Waals surface area contributed by atoms with Gasteiger partial charge in [0.25, 0.3) is 0 Å². The highest BCUT2D eigenvalue weighted by Gasteiger charge is 2.30. The molecule has 30 heavy (non-hydrogen) atoms. The fourth-order valence-electron chi connectivity index (χ4n) is 3.79. The third kappa shape index (κ3) is 3.89. The molecule has 2 aromatic carbocycles. The first-order valence-corrected chi connectivity index (χ1v) is 9.84. The van der Waals surface area contributed by atoms with E-state index in [4.69, 9.17) is 16.3 Å². The van der Waals surface area contributed by atoms with Crippen LogP contribution in [0.2, 0.25) is 5.15 Å². The number of carbonyl (C=O) groups excluding carboxylic acids is 1. The maximum Gasteiger partial charge on any atom is 0.407 e. The number of aromatic nitrogens is 2. The predicted octanol–water partition coefficient (Wildman–Crippen LogP) is 3.61. The quantitative estimate of drug-likeness (QED) is 0.629. The van der Waals surface area contributed by atoms with Crippen LogP contribution in [0.1, 0.15) is 22.7 Å². The van der Waals surface area contributed by atoms with E-state index in [-0.39, 0.29) is 18.9 Å². The molecule has 4 rings (SSSR count). The van der Waals surface area contributed by atoms with E-state index in [0.717, 1.165) is 22.3 Å². The van der Waals surface area contributed by atoms with E-state index in [9.17, 15) is 14.7 Å². The van der Waals surface area contributed by atoms with Crippen LogP contribution >= 0.6 is 11.6 Å². The van der Waals surface area contributed by atoms with Gasteiger partial charge in [-0.3, -0.25) is 4.68 Å². The zero-order valence-electron chi connectivity index (χ0n) is 16.2. The molecule has 1 amide bonds. The molecular formula is C22H20ClN3O4. The van der Waals surface area contributed by atoms with Crippen LogP contribution in [0, 0.1) is 0 Å². The number of carboxylic acids is 1. The molecule has 8 heteroatoms. The number of nitrogens with zero attached hydrogens (tertiary/aromatic N) is 2. The minimum atomic E-state index is -1.18. The van der Waals surface area contributed by atoms with Crippen LogP contribution in [0.3, 0.4) is 0 Å². The Morgan fingerprint density at radius 2 is 1.77 bits per heavy atom. The summed E-state index contributed by atoms with van der Waals surface area (Å²) in [4.78, 5) is 23.9. The first kappa shape index (κ1) is 20.0. The van der Waals surface area contributed by atoms with Crippen molar-refractivity contribution in [1.82, 2.24) is 15.1 Å². The van der Waals surface area contributed by atoms with Gasteiger partial charge in [-0.1, -0.05) is 60.1 Å². The molecule has 3 aromatic rings. The number of hydrogen-bond acceptors (Lipinski definition) is 4. The molecule has 0 spiro atoms. The summed E-state index contributed by atoms with van der Waals surface area (Å²) < 4.78 is 6.86. The van der Waals surface area contributed by atoms with Gasteiger partial charge in [0.1, 0.15) is 17.8 Å². The van der Waals surface area contributed by atoms with Crippen molar-refractivity contribution in [3.63, 3.8) is 0 Å². The summed E-state index contributed by atoms with van der Waals surface area (Å²) in [5.41, 5.74) is 4.89. The summed E-state index contributed by atoms with van der Waals surface area (Å²) >= 11 is 5.94. The molecule has 154 valence electrons. The number of aryl methyl sites for hydroxylation is 1. The molecule has 1 aliphatic carbocycles. The Labute approximate surface area is 178 Å². The molecule has 1 aromatic heterocycles. The minimum Gasteiger partial charge on any atom is -0.480 e. The van der Waals surface area contributed by atoms with Gasteiger partial charge in [0.2, 0.25) is 0 Å². The number of benzene rings is 2. The Balaban J connectivity index is 1.43. The number of halogens is 1. The van der Waals surface area contributed by atoms with Crippen LogP contribution in [0.15, 0.2) is 54.6 Å². The van der Waals surface area contributed by atoms with Crippen LogP contribution in [-0.2, 0) is 23.0 Å². The Hall–Kier alpha value is -3.32. The third-order valence-electron chi connectivity index (χ3n) is 5.22. The Morgan fingerprint density at radius 3 is 2.30 bits per heavy atom. The highest BCUT2D eigenvalue weighted by molar-refractivity contribution is 6.29. The van der Waals surface area contributed by atoms with Crippen molar-refractivity contribution < 1.29 is 19.4 Å². The second-order valence-corrected chi connectivity index (χ2v) is 7.53. The first-order valence-electron chi connectivity index (χ1n) is 9.46. The van der Waals surface area contributed by atoms with Gasteiger partial charge in [-0.15, -0.1) is 0 Å². The summed E-state index contributed by atoms with van der Waals surface area (Å²) in [5, 5.41) is 16.4. The molecule has 0 radical (unpaired) electrons. The van der Waals surface area contributed by atoms with E-state index < -0.39 is 18.1 Å². The molecule has 0 saturated heterocycles. The number of fused-ring (bicyclic) bond motifs is 3. The molecule has 1 unspecified atom stereocenters. The lowest BCUT2D eigenvalue weighted by atomic mass is 9.98. The number of nitrogens with one attached hydrogen (secondary N) is 1. The van der Waals surface area contributed by atoms with Crippen LogP contribution in [-0.4, -0.2) is 39.6 Å². The SMILES string of the molecule is Cn1nc(CC(NC(=O)OCC2c3ccccc3-c3ccccc32)C(=O)O)cc1Cl. The lowest BCUT2D eigenvalue weighted by Gasteiger charge is -2.17. The number of rotatable bonds is 6. The van der Waals surface area contributed by atoms with Crippen molar-refractivity contribution in [2.75, 3.05) is 6.61 Å². The summed E-state index contributed by atoms with van der Waals surface area (Å²) in [6, 6.07) is 16.4. The number of hydrogen-bond donors (Lipinski definition) is 2. The molecule has 1 heterocycles. The topological polar surface area (TPSA) is 93.5 Å². The largest absolute Gasteiger partial charge is 0.480 e. The molecule has 0 fully saturated rings. The molecule has 0 saturated carbocycles. The average molecular weight is 426 g/mol. The lowest BCUT2D eigenvalue weighted by Crippen LogP contribution is -2.43. The fraction of sp³-hybridized carbons (Fsp3) is 0.227. The van der Waals surface area contributed by atoms with Crippen molar-refractivity contribution in [3.05, 3.63) is 76.6 Å². The van der Waals surface area contributed by atoms with Gasteiger partial charge >= 0.3 is 12.1 Å². The Morgan fingerprint density at radius 1 is 1.17 bits per heavy atom. The monoisotopic (exact) mass is 425 g/mol. The molecule has 1 aliphatic rings. The molecule has 1 atom stereocenters. The lowest BCUT2D eigenvalue weighted by molar-refractivity contribution is -0.139. The van der Waals surface area contributed by atoms with Gasteiger partial charge in [0, 0.05) is 19.4 Å². The van der Waals surface area contributed by atoms with Crippen LogP contribution in [0.5, 0.6) is 0 Å². The average Bonchev–Trinajstić information content (AvgIpc) is 3.22. The second-order valence-electron chi connectivity index (χ2n) is 7.15.